The summed E-state index contributed by atoms with van der Waals surface area (Å²) in [7, 11) is 0. The van der Waals surface area contributed by atoms with Crippen LogP contribution in [-0.4, -0.2) is 71.4 Å². The Morgan fingerprint density at radius 1 is 1.22 bits per heavy atom. The van der Waals surface area contributed by atoms with Gasteiger partial charge < -0.3 is 15.0 Å². The molecular weight excluding hydrogens is 545 g/mol. The van der Waals surface area contributed by atoms with Crippen LogP contribution in [0.25, 0.3) is 22.0 Å². The minimum absolute atomic E-state index is 0.0349. The molecule has 4 aromatic rings. The van der Waals surface area contributed by atoms with Crippen LogP contribution in [0.5, 0.6) is 0 Å². The number of halogens is 2. The van der Waals surface area contributed by atoms with Gasteiger partial charge in [-0.05, 0) is 46.6 Å². The molecule has 12 heteroatoms. The van der Waals surface area contributed by atoms with Crippen LogP contribution in [0.15, 0.2) is 59.9 Å². The molecule has 2 N–H and O–H groups in total. The molecule has 10 nitrogen and oxygen atoms in total. The van der Waals surface area contributed by atoms with E-state index >= 15 is 0 Å². The summed E-state index contributed by atoms with van der Waals surface area (Å²) in [5, 5.41) is 22.2. The molecule has 0 spiro atoms. The molecule has 0 radical (unpaired) electrons. The average Bonchev–Trinajstić information content (AvgIpc) is 3.45. The number of Topliss-reactive ketones (excluding diaryl/α,β-unsaturated/α-hetero) is 1. The number of carbonyl (C=O) groups is 2. The molecule has 37 heavy (non-hydrogen) atoms. The molecule has 190 valence electrons. The fraction of sp³-hybridized carbons (Fsp3) is 0.280. The molecule has 0 aliphatic carbocycles. The standard InChI is InChI=1S/C25H23BrFN7O3/c1-14(35)19-12-33(20-3-2-15(6-18(19)20)16-4-5-29-30-8-16)13-24(36)34-11-17(27)7-21(34)25(37)32-23-10-28-9-22(26)31-23/h2-6,8-10,12,17,21,24,36H,7,11,13H2,1H3,(H,31,32,37)/t17-,21+,24?/m1/s1. The minimum Gasteiger partial charge on any atom is -0.376 e. The molecule has 4 heterocycles. The zero-order valence-electron chi connectivity index (χ0n) is 19.8. The third kappa shape index (κ3) is 5.26. The molecule has 3 atom stereocenters. The smallest absolute Gasteiger partial charge is 0.243 e. The van der Waals surface area contributed by atoms with Gasteiger partial charge in [0, 0.05) is 41.2 Å². The van der Waals surface area contributed by atoms with Crippen molar-refractivity contribution >= 4 is 44.3 Å². The van der Waals surface area contributed by atoms with E-state index in [0.717, 1.165) is 22.0 Å². The number of carbonyl (C=O) groups excluding carboxylic acids is 2. The van der Waals surface area contributed by atoms with E-state index in [2.05, 4.69) is 41.4 Å². The number of nitrogens with zero attached hydrogens (tertiary/aromatic N) is 6. The maximum Gasteiger partial charge on any atom is 0.243 e. The molecule has 1 fully saturated rings. The maximum absolute atomic E-state index is 14.4. The van der Waals surface area contributed by atoms with Crippen LogP contribution in [0.1, 0.15) is 23.7 Å². The van der Waals surface area contributed by atoms with Gasteiger partial charge in [0.25, 0.3) is 0 Å². The summed E-state index contributed by atoms with van der Waals surface area (Å²) in [6, 6.07) is 6.59. The molecule has 5 rings (SSSR count). The second-order valence-electron chi connectivity index (χ2n) is 8.86. The lowest BCUT2D eigenvalue weighted by atomic mass is 10.0. The Labute approximate surface area is 219 Å². The molecule has 1 saturated heterocycles. The average molecular weight is 568 g/mol. The van der Waals surface area contributed by atoms with E-state index < -0.39 is 24.3 Å². The van der Waals surface area contributed by atoms with E-state index in [4.69, 9.17) is 0 Å². The summed E-state index contributed by atoms with van der Waals surface area (Å²) in [4.78, 5) is 34.9. The first-order chi connectivity index (χ1) is 17.8. The quantitative estimate of drug-likeness (QED) is 0.326. The van der Waals surface area contributed by atoms with Crippen LogP contribution in [-0.2, 0) is 11.3 Å². The number of aliphatic hydroxyl groups excluding tert-OH is 1. The van der Waals surface area contributed by atoms with Crippen molar-refractivity contribution in [3.8, 4) is 11.1 Å². The number of likely N-dealkylation sites (tertiary alicyclic amines) is 1. The molecule has 1 aromatic carbocycles. The predicted molar refractivity (Wildman–Crippen MR) is 137 cm³/mol. The van der Waals surface area contributed by atoms with Gasteiger partial charge in [-0.2, -0.15) is 10.2 Å². The number of alkyl halides is 1. The van der Waals surface area contributed by atoms with Gasteiger partial charge in [-0.15, -0.1) is 0 Å². The number of anilines is 1. The van der Waals surface area contributed by atoms with Crippen molar-refractivity contribution in [2.45, 2.75) is 38.3 Å². The highest BCUT2D eigenvalue weighted by molar-refractivity contribution is 9.10. The van der Waals surface area contributed by atoms with E-state index in [9.17, 15) is 19.1 Å². The third-order valence-corrected chi connectivity index (χ3v) is 6.75. The Balaban J connectivity index is 1.40. The number of ketones is 1. The van der Waals surface area contributed by atoms with Crippen molar-refractivity contribution in [1.29, 1.82) is 0 Å². The SMILES string of the molecule is CC(=O)c1cn(CC(O)N2C[C@H](F)C[C@H]2C(=O)Nc2cncc(Br)n2)c2ccc(-c3ccnnc3)cc12. The van der Waals surface area contributed by atoms with Crippen molar-refractivity contribution in [3.63, 3.8) is 0 Å². The van der Waals surface area contributed by atoms with Gasteiger partial charge in [-0.25, -0.2) is 9.37 Å². The number of aromatic nitrogens is 5. The minimum atomic E-state index is -1.27. The lowest BCUT2D eigenvalue weighted by molar-refractivity contribution is -0.124. The van der Waals surface area contributed by atoms with E-state index in [1.165, 1.54) is 24.2 Å². The second kappa shape index (κ2) is 10.4. The van der Waals surface area contributed by atoms with Crippen molar-refractivity contribution < 1.29 is 19.1 Å². The highest BCUT2D eigenvalue weighted by Gasteiger charge is 2.40. The first kappa shape index (κ1) is 25.1. The van der Waals surface area contributed by atoms with Crippen molar-refractivity contribution in [2.75, 3.05) is 11.9 Å². The van der Waals surface area contributed by atoms with Gasteiger partial charge >= 0.3 is 0 Å². The predicted octanol–water partition coefficient (Wildman–Crippen LogP) is 3.22. The van der Waals surface area contributed by atoms with E-state index in [1.54, 1.807) is 23.2 Å². The van der Waals surface area contributed by atoms with Crippen LogP contribution in [0.3, 0.4) is 0 Å². The van der Waals surface area contributed by atoms with Gasteiger partial charge in [0.2, 0.25) is 5.91 Å². The number of hydrogen-bond donors (Lipinski definition) is 2. The largest absolute Gasteiger partial charge is 0.376 e. The van der Waals surface area contributed by atoms with Gasteiger partial charge in [0.15, 0.2) is 11.6 Å². The number of rotatable bonds is 7. The number of amides is 1. The normalized spacial score (nSPS) is 18.7. The fourth-order valence-corrected chi connectivity index (χ4v) is 4.97. The monoisotopic (exact) mass is 567 g/mol. The van der Waals surface area contributed by atoms with Crippen LogP contribution in [0.2, 0.25) is 0 Å². The maximum atomic E-state index is 14.4. The van der Waals surface area contributed by atoms with Crippen molar-refractivity contribution in [1.82, 2.24) is 29.6 Å². The number of nitrogens with one attached hydrogen (secondary N) is 1. The topological polar surface area (TPSA) is 126 Å². The van der Waals surface area contributed by atoms with Gasteiger partial charge in [-0.1, -0.05) is 6.07 Å². The number of fused-ring (bicyclic) bond motifs is 1. The summed E-state index contributed by atoms with van der Waals surface area (Å²) < 4.78 is 16.6. The highest BCUT2D eigenvalue weighted by Crippen LogP contribution is 2.30. The Kier molecular flexibility index (Phi) is 7.04. The molecule has 1 unspecified atom stereocenters. The molecular formula is C25H23BrFN7O3. The molecule has 0 saturated carbocycles. The van der Waals surface area contributed by atoms with Gasteiger partial charge in [0.1, 0.15) is 17.0 Å². The highest BCUT2D eigenvalue weighted by atomic mass is 79.9. The Morgan fingerprint density at radius 3 is 2.78 bits per heavy atom. The number of benzene rings is 1. The Morgan fingerprint density at radius 2 is 2.05 bits per heavy atom. The Hall–Kier alpha value is -3.61. The number of hydrogen-bond acceptors (Lipinski definition) is 8. The summed E-state index contributed by atoms with van der Waals surface area (Å²) in [6.45, 7) is 1.42. The summed E-state index contributed by atoms with van der Waals surface area (Å²) in [5.74, 6) is -0.386. The van der Waals surface area contributed by atoms with E-state index in [0.29, 0.717) is 10.2 Å². The van der Waals surface area contributed by atoms with Crippen LogP contribution < -0.4 is 5.32 Å². The van der Waals surface area contributed by atoms with Crippen molar-refractivity contribution in [2.24, 2.45) is 0 Å². The van der Waals surface area contributed by atoms with Crippen LogP contribution >= 0.6 is 15.9 Å². The third-order valence-electron chi connectivity index (χ3n) is 6.37. The van der Waals surface area contributed by atoms with Gasteiger partial charge in [0.05, 0.1) is 37.4 Å². The van der Waals surface area contributed by atoms with Crippen LogP contribution in [0.4, 0.5) is 10.2 Å². The number of aliphatic hydroxyl groups is 1. The lowest BCUT2D eigenvalue weighted by Gasteiger charge is -2.28. The molecule has 1 aliphatic heterocycles. The molecule has 1 amide bonds. The first-order valence-corrected chi connectivity index (χ1v) is 12.4. The van der Waals surface area contributed by atoms with Crippen LogP contribution in [0, 0.1) is 0 Å². The molecule has 0 bridgehead atoms. The van der Waals surface area contributed by atoms with E-state index in [-0.39, 0.29) is 31.1 Å². The van der Waals surface area contributed by atoms with Gasteiger partial charge in [-0.3, -0.25) is 19.5 Å². The second-order valence-corrected chi connectivity index (χ2v) is 9.67. The summed E-state index contributed by atoms with van der Waals surface area (Å²) >= 11 is 3.20. The summed E-state index contributed by atoms with van der Waals surface area (Å²) in [5.41, 5.74) is 2.96. The summed E-state index contributed by atoms with van der Waals surface area (Å²) in [6.07, 6.45) is 5.27. The zero-order valence-corrected chi connectivity index (χ0v) is 21.3. The van der Waals surface area contributed by atoms with E-state index in [1.807, 2.05) is 24.3 Å². The van der Waals surface area contributed by atoms with Crippen molar-refractivity contribution in [3.05, 3.63) is 65.4 Å². The molecule has 1 aliphatic rings. The lowest BCUT2D eigenvalue weighted by Crippen LogP contribution is -2.47. The first-order valence-electron chi connectivity index (χ1n) is 11.6. The fourth-order valence-electron chi connectivity index (χ4n) is 4.66. The molecule has 3 aromatic heterocycles. The zero-order chi connectivity index (χ0) is 26.1. The Bertz CT molecular complexity index is 1470.